The fraction of sp³-hybridized carbons (Fsp3) is 0.391. The summed E-state index contributed by atoms with van der Waals surface area (Å²) in [6.45, 7) is 4.09. The number of fused-ring (bicyclic) bond motifs is 1. The van der Waals surface area contributed by atoms with Crippen LogP contribution in [0.5, 0.6) is 0 Å². The summed E-state index contributed by atoms with van der Waals surface area (Å²) >= 11 is 1.73. The molecule has 29 heavy (non-hydrogen) atoms. The van der Waals surface area contributed by atoms with Crippen molar-refractivity contribution in [3.05, 3.63) is 59.1 Å². The van der Waals surface area contributed by atoms with Gasteiger partial charge in [0.05, 0.1) is 28.4 Å². The van der Waals surface area contributed by atoms with Gasteiger partial charge in [-0.1, -0.05) is 24.3 Å². The standard InChI is InChI=1S/C23H27N3O2S/c1-25(17-18-9-11-19(12-10-18)26-13-15-28-16-14-26)23(27)8-4-7-22-24-20-5-2-3-6-21(20)29-22/h2-3,5-6,9-12H,4,7-8,13-17H2,1H3. The van der Waals surface area contributed by atoms with Gasteiger partial charge in [-0.05, 0) is 42.7 Å². The average molecular weight is 410 g/mol. The van der Waals surface area contributed by atoms with Gasteiger partial charge >= 0.3 is 0 Å². The van der Waals surface area contributed by atoms with Gasteiger partial charge in [0, 0.05) is 38.8 Å². The second-order valence-electron chi connectivity index (χ2n) is 7.44. The molecular formula is C23H27N3O2S. The number of hydrogen-bond acceptors (Lipinski definition) is 5. The summed E-state index contributed by atoms with van der Waals surface area (Å²) in [7, 11) is 1.88. The van der Waals surface area contributed by atoms with Crippen molar-refractivity contribution in [1.29, 1.82) is 0 Å². The van der Waals surface area contributed by atoms with Gasteiger partial charge in [0.1, 0.15) is 0 Å². The highest BCUT2D eigenvalue weighted by Crippen LogP contribution is 2.23. The number of rotatable bonds is 7. The SMILES string of the molecule is CN(Cc1ccc(N2CCOCC2)cc1)C(=O)CCCc1nc2ccccc2s1. The fourth-order valence-corrected chi connectivity index (χ4v) is 4.61. The summed E-state index contributed by atoms with van der Waals surface area (Å²) in [5, 5.41) is 1.11. The minimum atomic E-state index is 0.184. The lowest BCUT2D eigenvalue weighted by Crippen LogP contribution is -2.36. The van der Waals surface area contributed by atoms with Crippen LogP contribution in [0.1, 0.15) is 23.4 Å². The van der Waals surface area contributed by atoms with Gasteiger partial charge in [-0.3, -0.25) is 4.79 Å². The number of morpholine rings is 1. The molecule has 2 aromatic carbocycles. The first-order valence-corrected chi connectivity index (χ1v) is 11.0. The molecule has 1 saturated heterocycles. The number of thiazole rings is 1. The third-order valence-corrected chi connectivity index (χ3v) is 6.37. The number of aromatic nitrogens is 1. The maximum Gasteiger partial charge on any atom is 0.222 e. The predicted molar refractivity (Wildman–Crippen MR) is 119 cm³/mol. The van der Waals surface area contributed by atoms with Crippen LogP contribution in [-0.2, 0) is 22.5 Å². The van der Waals surface area contributed by atoms with Crippen LogP contribution in [0.25, 0.3) is 10.2 Å². The van der Waals surface area contributed by atoms with Gasteiger partial charge in [-0.25, -0.2) is 4.98 Å². The number of carbonyl (C=O) groups is 1. The second kappa shape index (κ2) is 9.37. The Balaban J connectivity index is 1.24. The van der Waals surface area contributed by atoms with Gasteiger partial charge in [-0.2, -0.15) is 0 Å². The molecule has 3 aromatic rings. The molecule has 1 fully saturated rings. The number of benzene rings is 2. The van der Waals surface area contributed by atoms with Crippen molar-refractivity contribution >= 4 is 33.1 Å². The highest BCUT2D eigenvalue weighted by Gasteiger charge is 2.13. The molecule has 0 unspecified atom stereocenters. The van der Waals surface area contributed by atoms with E-state index in [0.717, 1.165) is 55.2 Å². The van der Waals surface area contributed by atoms with E-state index in [0.29, 0.717) is 13.0 Å². The minimum absolute atomic E-state index is 0.184. The molecular weight excluding hydrogens is 382 g/mol. The number of anilines is 1. The second-order valence-corrected chi connectivity index (χ2v) is 8.56. The zero-order chi connectivity index (χ0) is 20.1. The monoisotopic (exact) mass is 409 g/mol. The number of para-hydroxylation sites is 1. The van der Waals surface area contributed by atoms with Crippen molar-refractivity contribution in [3.8, 4) is 0 Å². The lowest BCUT2D eigenvalue weighted by Gasteiger charge is -2.29. The van der Waals surface area contributed by atoms with E-state index in [1.165, 1.54) is 10.4 Å². The van der Waals surface area contributed by atoms with Crippen LogP contribution in [0.2, 0.25) is 0 Å². The summed E-state index contributed by atoms with van der Waals surface area (Å²) in [5.74, 6) is 0.184. The molecule has 1 amide bonds. The first-order chi connectivity index (χ1) is 14.2. The number of nitrogens with zero attached hydrogens (tertiary/aromatic N) is 3. The Morgan fingerprint density at radius 3 is 2.66 bits per heavy atom. The van der Waals surface area contributed by atoms with Gasteiger partial charge in [-0.15, -0.1) is 11.3 Å². The van der Waals surface area contributed by atoms with Crippen LogP contribution in [-0.4, -0.2) is 49.1 Å². The summed E-state index contributed by atoms with van der Waals surface area (Å²) in [6.07, 6.45) is 2.24. The molecule has 1 aliphatic heterocycles. The molecule has 0 aliphatic carbocycles. The first-order valence-electron chi connectivity index (χ1n) is 10.2. The molecule has 0 atom stereocenters. The van der Waals surface area contributed by atoms with E-state index in [2.05, 4.69) is 40.2 Å². The van der Waals surface area contributed by atoms with Gasteiger partial charge in [0.2, 0.25) is 5.91 Å². The third kappa shape index (κ3) is 5.14. The van der Waals surface area contributed by atoms with E-state index >= 15 is 0 Å². The van der Waals surface area contributed by atoms with Crippen LogP contribution in [0.3, 0.4) is 0 Å². The molecule has 0 radical (unpaired) electrons. The zero-order valence-electron chi connectivity index (χ0n) is 16.8. The summed E-state index contributed by atoms with van der Waals surface area (Å²) in [6, 6.07) is 16.7. The van der Waals surface area contributed by atoms with Crippen LogP contribution >= 0.6 is 11.3 Å². The number of ether oxygens (including phenoxy) is 1. The Hall–Kier alpha value is -2.44. The Morgan fingerprint density at radius 1 is 1.14 bits per heavy atom. The van der Waals surface area contributed by atoms with Crippen molar-refractivity contribution in [1.82, 2.24) is 9.88 Å². The molecule has 1 aromatic heterocycles. The van der Waals surface area contributed by atoms with Gasteiger partial charge < -0.3 is 14.5 Å². The van der Waals surface area contributed by atoms with E-state index in [-0.39, 0.29) is 5.91 Å². The summed E-state index contributed by atoms with van der Waals surface area (Å²) in [5.41, 5.74) is 3.43. The Morgan fingerprint density at radius 2 is 1.90 bits per heavy atom. The quantitative estimate of drug-likeness (QED) is 0.589. The van der Waals surface area contributed by atoms with E-state index in [1.807, 2.05) is 30.1 Å². The number of carbonyl (C=O) groups excluding carboxylic acids is 1. The lowest BCUT2D eigenvalue weighted by atomic mass is 10.1. The molecule has 152 valence electrons. The van der Waals surface area contributed by atoms with E-state index in [4.69, 9.17) is 4.74 Å². The molecule has 0 saturated carbocycles. The highest BCUT2D eigenvalue weighted by molar-refractivity contribution is 7.18. The average Bonchev–Trinajstić information content (AvgIpc) is 3.17. The van der Waals surface area contributed by atoms with Crippen molar-refractivity contribution in [2.24, 2.45) is 0 Å². The fourth-order valence-electron chi connectivity index (χ4n) is 3.60. The summed E-state index contributed by atoms with van der Waals surface area (Å²) in [4.78, 5) is 21.3. The predicted octanol–water partition coefficient (Wildman–Crippen LogP) is 4.11. The van der Waals surface area contributed by atoms with Crippen molar-refractivity contribution in [2.75, 3.05) is 38.3 Å². The smallest absolute Gasteiger partial charge is 0.222 e. The van der Waals surface area contributed by atoms with Crippen molar-refractivity contribution < 1.29 is 9.53 Å². The van der Waals surface area contributed by atoms with E-state index in [9.17, 15) is 4.79 Å². The molecule has 5 nitrogen and oxygen atoms in total. The molecule has 1 aliphatic rings. The maximum absolute atomic E-state index is 12.5. The molecule has 0 spiro atoms. The number of aryl methyl sites for hydroxylation is 1. The van der Waals surface area contributed by atoms with E-state index in [1.54, 1.807) is 11.3 Å². The molecule has 0 N–H and O–H groups in total. The summed E-state index contributed by atoms with van der Waals surface area (Å²) < 4.78 is 6.62. The lowest BCUT2D eigenvalue weighted by molar-refractivity contribution is -0.130. The van der Waals surface area contributed by atoms with E-state index < -0.39 is 0 Å². The van der Waals surface area contributed by atoms with Gasteiger partial charge in [0.25, 0.3) is 0 Å². The van der Waals surface area contributed by atoms with Crippen LogP contribution in [0.15, 0.2) is 48.5 Å². The first kappa shape index (κ1) is 19.9. The molecule has 0 bridgehead atoms. The van der Waals surface area contributed by atoms with Crippen molar-refractivity contribution in [2.45, 2.75) is 25.8 Å². The third-order valence-electron chi connectivity index (χ3n) is 5.28. The highest BCUT2D eigenvalue weighted by atomic mass is 32.1. The Labute approximate surface area is 175 Å². The normalized spacial score (nSPS) is 14.3. The van der Waals surface area contributed by atoms with Crippen LogP contribution < -0.4 is 4.90 Å². The minimum Gasteiger partial charge on any atom is -0.378 e. The Kier molecular flexibility index (Phi) is 6.42. The Bertz CT molecular complexity index is 915. The topological polar surface area (TPSA) is 45.7 Å². The van der Waals surface area contributed by atoms with Crippen LogP contribution in [0.4, 0.5) is 5.69 Å². The maximum atomic E-state index is 12.5. The molecule has 4 rings (SSSR count). The molecule has 6 heteroatoms. The largest absolute Gasteiger partial charge is 0.378 e. The number of amides is 1. The van der Waals surface area contributed by atoms with Crippen LogP contribution in [0, 0.1) is 0 Å². The zero-order valence-corrected chi connectivity index (χ0v) is 17.7. The van der Waals surface area contributed by atoms with Crippen molar-refractivity contribution in [3.63, 3.8) is 0 Å². The number of hydrogen-bond donors (Lipinski definition) is 0. The molecule has 2 heterocycles. The van der Waals surface area contributed by atoms with Gasteiger partial charge in [0.15, 0.2) is 0 Å².